The molecule has 0 fully saturated rings. The molecular weight excluding hydrogens is 400 g/mol. The van der Waals surface area contributed by atoms with Crippen molar-refractivity contribution >= 4 is 28.0 Å². The summed E-state index contributed by atoms with van der Waals surface area (Å²) in [6, 6.07) is 7.55. The Morgan fingerprint density at radius 3 is 2.58 bits per heavy atom. The van der Waals surface area contributed by atoms with Crippen molar-refractivity contribution in [2.45, 2.75) is 13.5 Å². The van der Waals surface area contributed by atoms with Crippen molar-refractivity contribution in [1.82, 2.24) is 4.98 Å². The second-order valence-corrected chi connectivity index (χ2v) is 6.14. The summed E-state index contributed by atoms with van der Waals surface area (Å²) >= 11 is 3.43. The second-order valence-electron chi connectivity index (χ2n) is 5.29. The highest BCUT2D eigenvalue weighted by Crippen LogP contribution is 2.32. The maximum atomic E-state index is 9.43. The predicted octanol–water partition coefficient (Wildman–Crippen LogP) is 3.63. The average molecular weight is 419 g/mol. The number of ether oxygens (including phenoxy) is 3. The Hall–Kier alpha value is -2.63. The zero-order chi connectivity index (χ0) is 19.1. The minimum Gasteiger partial charge on any atom is -0.496 e. The highest BCUT2D eigenvalue weighted by molar-refractivity contribution is 9.10. The van der Waals surface area contributed by atoms with Crippen molar-refractivity contribution < 1.29 is 14.2 Å². The molecule has 0 radical (unpaired) electrons. The fraction of sp³-hybridized carbons (Fsp3) is 0.278. The van der Waals surface area contributed by atoms with Gasteiger partial charge in [0.1, 0.15) is 23.1 Å². The van der Waals surface area contributed by atoms with Crippen molar-refractivity contribution in [3.05, 3.63) is 45.1 Å². The van der Waals surface area contributed by atoms with Crippen LogP contribution in [-0.2, 0) is 11.3 Å². The number of benzene rings is 1. The van der Waals surface area contributed by atoms with Crippen LogP contribution in [0.25, 0.3) is 0 Å². The summed E-state index contributed by atoms with van der Waals surface area (Å²) < 4.78 is 16.5. The lowest BCUT2D eigenvalue weighted by Crippen LogP contribution is -2.04. The van der Waals surface area contributed by atoms with Crippen LogP contribution < -0.4 is 14.9 Å². The number of nitrogens with zero attached hydrogens (tertiary/aromatic N) is 3. The summed E-state index contributed by atoms with van der Waals surface area (Å²) in [5.74, 6) is 1.64. The summed E-state index contributed by atoms with van der Waals surface area (Å²) in [6.07, 6.45) is 1.59. The van der Waals surface area contributed by atoms with Crippen molar-refractivity contribution in [1.29, 1.82) is 5.26 Å². The van der Waals surface area contributed by atoms with Crippen LogP contribution in [0.3, 0.4) is 0 Å². The molecule has 0 amide bonds. The van der Waals surface area contributed by atoms with E-state index in [1.807, 2.05) is 19.1 Å². The predicted molar refractivity (Wildman–Crippen MR) is 103 cm³/mol. The van der Waals surface area contributed by atoms with Gasteiger partial charge in [-0.2, -0.15) is 10.4 Å². The van der Waals surface area contributed by atoms with Crippen LogP contribution in [0.2, 0.25) is 0 Å². The van der Waals surface area contributed by atoms with E-state index < -0.39 is 0 Å². The number of hydrazone groups is 1. The number of hydrogen-bond acceptors (Lipinski definition) is 7. The molecule has 26 heavy (non-hydrogen) atoms. The molecule has 0 aliphatic rings. The first-order valence-corrected chi connectivity index (χ1v) is 8.43. The normalized spacial score (nSPS) is 10.6. The van der Waals surface area contributed by atoms with Crippen molar-refractivity contribution in [2.75, 3.05) is 26.8 Å². The first-order valence-electron chi connectivity index (χ1n) is 7.64. The lowest BCUT2D eigenvalue weighted by Gasteiger charge is -2.10. The van der Waals surface area contributed by atoms with Gasteiger partial charge in [-0.05, 0) is 35.0 Å². The Bertz CT molecular complexity index is 862. The SMILES string of the molecule is COCc1cc(C)nc(N/N=C/c2cc(Br)c(OC)cc2OC)c1C#N. The lowest BCUT2D eigenvalue weighted by molar-refractivity contribution is 0.184. The first-order chi connectivity index (χ1) is 12.5. The number of nitriles is 1. The number of nitrogens with one attached hydrogen (secondary N) is 1. The van der Waals surface area contributed by atoms with E-state index in [-0.39, 0.29) is 0 Å². The zero-order valence-corrected chi connectivity index (χ0v) is 16.5. The standard InChI is InChI=1S/C18H19BrN4O3/c1-11-5-13(10-24-2)14(8-20)18(22-11)23-21-9-12-6-15(19)17(26-4)7-16(12)25-3/h5-7,9H,10H2,1-4H3,(H,22,23)/b21-9+. The van der Waals surface area contributed by atoms with Gasteiger partial charge in [-0.15, -0.1) is 0 Å². The van der Waals surface area contributed by atoms with Gasteiger partial charge in [-0.1, -0.05) is 0 Å². The number of methoxy groups -OCH3 is 3. The van der Waals surface area contributed by atoms with Crippen LogP contribution in [0.1, 0.15) is 22.4 Å². The van der Waals surface area contributed by atoms with Crippen LogP contribution in [0.5, 0.6) is 11.5 Å². The fourth-order valence-electron chi connectivity index (χ4n) is 2.36. The van der Waals surface area contributed by atoms with E-state index >= 15 is 0 Å². The molecule has 1 heterocycles. The van der Waals surface area contributed by atoms with Gasteiger partial charge in [0.25, 0.3) is 0 Å². The lowest BCUT2D eigenvalue weighted by atomic mass is 10.1. The Labute approximate surface area is 160 Å². The smallest absolute Gasteiger partial charge is 0.164 e. The first kappa shape index (κ1) is 19.7. The van der Waals surface area contributed by atoms with Gasteiger partial charge in [0.2, 0.25) is 0 Å². The van der Waals surface area contributed by atoms with E-state index in [2.05, 4.69) is 37.5 Å². The molecule has 0 aliphatic carbocycles. The van der Waals surface area contributed by atoms with Crippen LogP contribution in [0.4, 0.5) is 5.82 Å². The maximum Gasteiger partial charge on any atom is 0.164 e. The van der Waals surface area contributed by atoms with Crippen LogP contribution >= 0.6 is 15.9 Å². The number of aryl methyl sites for hydroxylation is 1. The molecule has 0 spiro atoms. The van der Waals surface area contributed by atoms with Gasteiger partial charge in [-0.3, -0.25) is 5.43 Å². The van der Waals surface area contributed by atoms with Crippen molar-refractivity contribution in [3.63, 3.8) is 0 Å². The molecule has 2 rings (SSSR count). The topological polar surface area (TPSA) is 88.8 Å². The van der Waals surface area contributed by atoms with E-state index in [0.717, 1.165) is 21.3 Å². The molecule has 0 unspecified atom stereocenters. The third-order valence-electron chi connectivity index (χ3n) is 3.52. The Kier molecular flexibility index (Phi) is 6.95. The largest absolute Gasteiger partial charge is 0.496 e. The Morgan fingerprint density at radius 2 is 1.96 bits per heavy atom. The van der Waals surface area contributed by atoms with E-state index in [1.165, 1.54) is 0 Å². The van der Waals surface area contributed by atoms with Gasteiger partial charge in [0.05, 0.1) is 31.5 Å². The summed E-state index contributed by atoms with van der Waals surface area (Å²) in [6.45, 7) is 2.17. The molecule has 136 valence electrons. The number of rotatable bonds is 7. The molecule has 0 saturated carbocycles. The fourth-order valence-corrected chi connectivity index (χ4v) is 2.89. The summed E-state index contributed by atoms with van der Waals surface area (Å²) in [5.41, 5.74) is 5.48. The van der Waals surface area contributed by atoms with Gasteiger partial charge in [-0.25, -0.2) is 4.98 Å². The molecule has 0 atom stereocenters. The number of anilines is 1. The van der Waals surface area contributed by atoms with Gasteiger partial charge in [0.15, 0.2) is 5.82 Å². The third-order valence-corrected chi connectivity index (χ3v) is 4.14. The summed E-state index contributed by atoms with van der Waals surface area (Å²) in [7, 11) is 4.73. The molecule has 1 aromatic carbocycles. The van der Waals surface area contributed by atoms with Crippen LogP contribution in [0.15, 0.2) is 27.8 Å². The number of hydrogen-bond donors (Lipinski definition) is 1. The highest BCUT2D eigenvalue weighted by Gasteiger charge is 2.11. The van der Waals surface area contributed by atoms with E-state index in [9.17, 15) is 5.26 Å². The molecule has 0 bridgehead atoms. The number of halogens is 1. The molecule has 1 N–H and O–H groups in total. The van der Waals surface area contributed by atoms with Gasteiger partial charge < -0.3 is 14.2 Å². The summed E-state index contributed by atoms with van der Waals surface area (Å²) in [5, 5.41) is 13.6. The number of aromatic nitrogens is 1. The molecule has 0 saturated heterocycles. The molecule has 1 aromatic heterocycles. The van der Waals surface area contributed by atoms with E-state index in [4.69, 9.17) is 14.2 Å². The molecular formula is C18H19BrN4O3. The Balaban J connectivity index is 2.32. The summed E-state index contributed by atoms with van der Waals surface area (Å²) in [4.78, 5) is 4.34. The van der Waals surface area contributed by atoms with E-state index in [1.54, 1.807) is 33.6 Å². The maximum absolute atomic E-state index is 9.43. The molecule has 2 aromatic rings. The third kappa shape index (κ3) is 4.50. The Morgan fingerprint density at radius 1 is 1.23 bits per heavy atom. The van der Waals surface area contributed by atoms with Gasteiger partial charge in [0, 0.05) is 30.0 Å². The van der Waals surface area contributed by atoms with Crippen molar-refractivity contribution in [3.8, 4) is 17.6 Å². The average Bonchev–Trinajstić information content (AvgIpc) is 2.62. The zero-order valence-electron chi connectivity index (χ0n) is 15.0. The molecule has 0 aliphatic heterocycles. The van der Waals surface area contributed by atoms with Gasteiger partial charge >= 0.3 is 0 Å². The number of pyridine rings is 1. The van der Waals surface area contributed by atoms with E-state index in [0.29, 0.717) is 29.5 Å². The van der Waals surface area contributed by atoms with Crippen molar-refractivity contribution in [2.24, 2.45) is 5.10 Å². The second kappa shape index (κ2) is 9.17. The monoisotopic (exact) mass is 418 g/mol. The minimum atomic E-state index is 0.323. The highest BCUT2D eigenvalue weighted by atomic mass is 79.9. The van der Waals surface area contributed by atoms with Crippen LogP contribution in [-0.4, -0.2) is 32.5 Å². The molecule has 7 nitrogen and oxygen atoms in total. The quantitative estimate of drug-likeness (QED) is 0.545. The molecule has 8 heteroatoms. The minimum absolute atomic E-state index is 0.323. The van der Waals surface area contributed by atoms with Crippen LogP contribution in [0, 0.1) is 18.3 Å².